The van der Waals surface area contributed by atoms with Crippen LogP contribution in [-0.4, -0.2) is 15.6 Å². The second-order valence-electron chi connectivity index (χ2n) is 7.25. The van der Waals surface area contributed by atoms with E-state index in [0.29, 0.717) is 5.69 Å². The fraction of sp³-hybridized carbons (Fsp3) is 0.167. The van der Waals surface area contributed by atoms with E-state index < -0.39 is 9.70 Å². The lowest BCUT2D eigenvalue weighted by molar-refractivity contribution is -0.117. The SMILES string of the molecule is Cc1cccc(C)c1NC(=O)c1ccccc1N(Cc1ccc(Br)cc1)C(=O)C(Cl)(Cl)Cl. The van der Waals surface area contributed by atoms with E-state index in [4.69, 9.17) is 34.8 Å². The van der Waals surface area contributed by atoms with Crippen molar-refractivity contribution in [2.75, 3.05) is 10.2 Å². The van der Waals surface area contributed by atoms with Crippen LogP contribution < -0.4 is 10.2 Å². The molecule has 0 saturated carbocycles. The zero-order valence-corrected chi connectivity index (χ0v) is 21.2. The fourth-order valence-electron chi connectivity index (χ4n) is 3.29. The average molecular weight is 555 g/mol. The summed E-state index contributed by atoms with van der Waals surface area (Å²) in [5, 5.41) is 2.96. The summed E-state index contributed by atoms with van der Waals surface area (Å²) in [5.41, 5.74) is 4.02. The van der Waals surface area contributed by atoms with Gasteiger partial charge in [0.05, 0.1) is 17.8 Å². The molecule has 0 fully saturated rings. The van der Waals surface area contributed by atoms with Crippen LogP contribution in [0.3, 0.4) is 0 Å². The van der Waals surface area contributed by atoms with Crippen LogP contribution in [0.4, 0.5) is 11.4 Å². The quantitative estimate of drug-likeness (QED) is 0.339. The van der Waals surface area contributed by atoms with E-state index in [-0.39, 0.29) is 18.0 Å². The Morgan fingerprint density at radius 1 is 0.906 bits per heavy atom. The highest BCUT2D eigenvalue weighted by atomic mass is 79.9. The highest BCUT2D eigenvalue weighted by Gasteiger charge is 2.37. The van der Waals surface area contributed by atoms with E-state index in [2.05, 4.69) is 21.2 Å². The predicted octanol–water partition coefficient (Wildman–Crippen LogP) is 7.22. The van der Waals surface area contributed by atoms with Crippen molar-refractivity contribution in [1.82, 2.24) is 0 Å². The molecule has 0 spiro atoms. The van der Waals surface area contributed by atoms with Crippen LogP contribution in [0.1, 0.15) is 27.0 Å². The molecule has 8 heteroatoms. The Labute approximate surface area is 210 Å². The summed E-state index contributed by atoms with van der Waals surface area (Å²) in [6.45, 7) is 3.95. The first-order valence-corrected chi connectivity index (χ1v) is 11.6. The van der Waals surface area contributed by atoms with Gasteiger partial charge in [-0.1, -0.05) is 93.2 Å². The molecule has 3 aromatic rings. The number of nitrogens with one attached hydrogen (secondary N) is 1. The van der Waals surface area contributed by atoms with Crippen LogP contribution in [0, 0.1) is 13.8 Å². The number of aryl methyl sites for hydroxylation is 2. The van der Waals surface area contributed by atoms with Gasteiger partial charge in [0, 0.05) is 10.2 Å². The number of carbonyl (C=O) groups is 2. The Balaban J connectivity index is 2.03. The van der Waals surface area contributed by atoms with Crippen molar-refractivity contribution in [3.8, 4) is 0 Å². The maximum Gasteiger partial charge on any atom is 0.279 e. The van der Waals surface area contributed by atoms with Crippen molar-refractivity contribution in [2.45, 2.75) is 24.2 Å². The summed E-state index contributed by atoms with van der Waals surface area (Å²) in [4.78, 5) is 27.6. The number of amides is 2. The molecule has 4 nitrogen and oxygen atoms in total. The van der Waals surface area contributed by atoms with Crippen molar-refractivity contribution < 1.29 is 9.59 Å². The molecule has 0 radical (unpaired) electrons. The Hall–Kier alpha value is -2.05. The van der Waals surface area contributed by atoms with Gasteiger partial charge in [0.1, 0.15) is 0 Å². The molecule has 0 aliphatic carbocycles. The predicted molar refractivity (Wildman–Crippen MR) is 136 cm³/mol. The van der Waals surface area contributed by atoms with E-state index in [1.165, 1.54) is 4.90 Å². The third-order valence-electron chi connectivity index (χ3n) is 4.90. The van der Waals surface area contributed by atoms with E-state index in [1.54, 1.807) is 24.3 Å². The zero-order chi connectivity index (χ0) is 23.5. The van der Waals surface area contributed by atoms with Gasteiger partial charge >= 0.3 is 0 Å². The molecule has 2 amide bonds. The first-order valence-electron chi connectivity index (χ1n) is 9.67. The summed E-state index contributed by atoms with van der Waals surface area (Å²) in [6.07, 6.45) is 0. The maximum absolute atomic E-state index is 13.3. The number of halogens is 4. The molecule has 0 unspecified atom stereocenters. The van der Waals surface area contributed by atoms with Gasteiger partial charge in [-0.2, -0.15) is 0 Å². The van der Waals surface area contributed by atoms with Crippen LogP contribution in [-0.2, 0) is 11.3 Å². The Bertz CT molecular complexity index is 1120. The number of nitrogens with zero attached hydrogens (tertiary/aromatic N) is 1. The number of alkyl halides is 3. The molecular formula is C24H20BrCl3N2O2. The van der Waals surface area contributed by atoms with Gasteiger partial charge in [-0.15, -0.1) is 0 Å². The van der Waals surface area contributed by atoms with Crippen LogP contribution >= 0.6 is 50.7 Å². The van der Waals surface area contributed by atoms with Crippen LogP contribution in [0.2, 0.25) is 0 Å². The molecule has 0 saturated heterocycles. The van der Waals surface area contributed by atoms with Gasteiger partial charge in [0.2, 0.25) is 0 Å². The summed E-state index contributed by atoms with van der Waals surface area (Å²) in [7, 11) is 0. The van der Waals surface area contributed by atoms with Crippen LogP contribution in [0.15, 0.2) is 71.2 Å². The van der Waals surface area contributed by atoms with Crippen molar-refractivity contribution >= 4 is 73.9 Å². The Morgan fingerprint density at radius 3 is 2.09 bits per heavy atom. The third kappa shape index (κ3) is 5.84. The van der Waals surface area contributed by atoms with Gasteiger partial charge in [-0.3, -0.25) is 9.59 Å². The van der Waals surface area contributed by atoms with Crippen molar-refractivity contribution in [3.63, 3.8) is 0 Å². The van der Waals surface area contributed by atoms with Gasteiger partial charge in [0.15, 0.2) is 0 Å². The normalized spacial score (nSPS) is 11.2. The highest BCUT2D eigenvalue weighted by molar-refractivity contribution is 9.10. The van der Waals surface area contributed by atoms with Gasteiger partial charge in [-0.25, -0.2) is 0 Å². The van der Waals surface area contributed by atoms with E-state index >= 15 is 0 Å². The number of hydrogen-bond donors (Lipinski definition) is 1. The summed E-state index contributed by atoms with van der Waals surface area (Å²) in [5.74, 6) is -1.12. The molecule has 0 aromatic heterocycles. The lowest BCUT2D eigenvalue weighted by atomic mass is 10.1. The van der Waals surface area contributed by atoms with Crippen molar-refractivity contribution in [2.24, 2.45) is 0 Å². The summed E-state index contributed by atoms with van der Waals surface area (Å²) in [6, 6.07) is 19.9. The average Bonchev–Trinajstić information content (AvgIpc) is 2.75. The van der Waals surface area contributed by atoms with E-state index in [1.807, 2.05) is 56.3 Å². The molecule has 166 valence electrons. The van der Waals surface area contributed by atoms with Gasteiger partial charge < -0.3 is 10.2 Å². The van der Waals surface area contributed by atoms with Gasteiger partial charge in [-0.05, 0) is 54.8 Å². The fourth-order valence-corrected chi connectivity index (χ4v) is 3.86. The van der Waals surface area contributed by atoms with Crippen LogP contribution in [0.25, 0.3) is 0 Å². The molecule has 1 N–H and O–H groups in total. The number of rotatable bonds is 5. The molecule has 0 bridgehead atoms. The molecule has 0 heterocycles. The maximum atomic E-state index is 13.3. The molecular weight excluding hydrogens is 535 g/mol. The minimum Gasteiger partial charge on any atom is -0.321 e. The topological polar surface area (TPSA) is 49.4 Å². The van der Waals surface area contributed by atoms with E-state index in [0.717, 1.165) is 26.9 Å². The van der Waals surface area contributed by atoms with Crippen molar-refractivity contribution in [1.29, 1.82) is 0 Å². The lowest BCUT2D eigenvalue weighted by Crippen LogP contribution is -2.40. The minimum absolute atomic E-state index is 0.119. The number of carbonyl (C=O) groups excluding carboxylic acids is 2. The van der Waals surface area contributed by atoms with Crippen molar-refractivity contribution in [3.05, 3.63) is 93.5 Å². The Morgan fingerprint density at radius 2 is 1.50 bits per heavy atom. The third-order valence-corrected chi connectivity index (χ3v) is 5.91. The molecule has 3 aromatic carbocycles. The van der Waals surface area contributed by atoms with E-state index in [9.17, 15) is 9.59 Å². The van der Waals surface area contributed by atoms with Gasteiger partial charge in [0.25, 0.3) is 15.6 Å². The standard InChI is InChI=1S/C24H20BrCl3N2O2/c1-15-6-5-7-16(2)21(15)29-22(31)19-8-3-4-9-20(19)30(23(32)24(26,27)28)14-17-10-12-18(25)13-11-17/h3-13H,14H2,1-2H3,(H,29,31). The number of benzene rings is 3. The first kappa shape index (κ1) is 24.6. The molecule has 0 aliphatic rings. The smallest absolute Gasteiger partial charge is 0.279 e. The summed E-state index contributed by atoms with van der Waals surface area (Å²) >= 11 is 21.3. The highest BCUT2D eigenvalue weighted by Crippen LogP contribution is 2.34. The molecule has 32 heavy (non-hydrogen) atoms. The monoisotopic (exact) mass is 552 g/mol. The molecule has 3 rings (SSSR count). The lowest BCUT2D eigenvalue weighted by Gasteiger charge is -2.28. The minimum atomic E-state index is -2.19. The number of anilines is 2. The van der Waals surface area contributed by atoms with Crippen LogP contribution in [0.5, 0.6) is 0 Å². The number of para-hydroxylation sites is 2. The Kier molecular flexibility index (Phi) is 7.88. The largest absolute Gasteiger partial charge is 0.321 e. The second-order valence-corrected chi connectivity index (χ2v) is 10.5. The molecule has 0 aliphatic heterocycles. The zero-order valence-electron chi connectivity index (χ0n) is 17.3. The summed E-state index contributed by atoms with van der Waals surface area (Å²) < 4.78 is -1.29. The first-order chi connectivity index (χ1) is 15.1. The molecule has 0 atom stereocenters. The number of hydrogen-bond acceptors (Lipinski definition) is 2. The second kappa shape index (κ2) is 10.3.